The van der Waals surface area contributed by atoms with Crippen molar-refractivity contribution >= 4 is 40.8 Å². The molecule has 0 bridgehead atoms. The van der Waals surface area contributed by atoms with Crippen LogP contribution < -0.4 is 51.4 Å². The van der Waals surface area contributed by atoms with Gasteiger partial charge < -0.3 is 31.4 Å². The summed E-state index contributed by atoms with van der Waals surface area (Å²) in [6.07, 6.45) is 7.43. The molecular formula is C27H30N7NaO5. The third-order valence-electron chi connectivity index (χ3n) is 5.60. The summed E-state index contributed by atoms with van der Waals surface area (Å²) in [5.74, 6) is 0.0278. The van der Waals surface area contributed by atoms with Gasteiger partial charge in [-0.1, -0.05) is 12.1 Å². The number of nitrogens with zero attached hydrogens (tertiary/aromatic N) is 4. The fourth-order valence-corrected chi connectivity index (χ4v) is 3.82. The maximum atomic E-state index is 12.9. The molecule has 3 aromatic rings. The molecule has 2 atom stereocenters. The molecule has 5 N–H and O–H groups in total. The number of ether oxygens (including phenoxy) is 1. The minimum atomic E-state index is -1.34. The van der Waals surface area contributed by atoms with Crippen LogP contribution >= 0.6 is 0 Å². The molecule has 204 valence electrons. The minimum absolute atomic E-state index is 0. The third kappa shape index (κ3) is 9.15. The van der Waals surface area contributed by atoms with Gasteiger partial charge in [0, 0.05) is 23.9 Å². The maximum absolute atomic E-state index is 12.9. The molecule has 3 rings (SSSR count). The molecule has 1 unspecified atom stereocenters. The van der Waals surface area contributed by atoms with Gasteiger partial charge in [-0.05, 0) is 57.7 Å². The molecule has 1 aromatic carbocycles. The summed E-state index contributed by atoms with van der Waals surface area (Å²) in [6.45, 7) is 5.03. The first kappa shape index (κ1) is 32.4. The van der Waals surface area contributed by atoms with Crippen molar-refractivity contribution in [3.8, 4) is 12.3 Å². The van der Waals surface area contributed by atoms with Gasteiger partial charge in [-0.3, -0.25) is 4.79 Å². The van der Waals surface area contributed by atoms with Crippen LogP contribution in [0, 0.1) is 12.3 Å². The first-order valence-corrected chi connectivity index (χ1v) is 12.2. The van der Waals surface area contributed by atoms with E-state index in [0.717, 1.165) is 5.56 Å². The van der Waals surface area contributed by atoms with Crippen molar-refractivity contribution < 1.29 is 53.8 Å². The number of aliphatic carboxylic acids is 1. The van der Waals surface area contributed by atoms with Gasteiger partial charge in [0.25, 0.3) is 5.91 Å². The number of nitrogens with one attached hydrogen (secondary N) is 1. The fraction of sp³-hybridized carbons (Fsp3) is 0.370. The van der Waals surface area contributed by atoms with E-state index >= 15 is 0 Å². The zero-order chi connectivity index (χ0) is 28.7. The number of fused-ring (bicyclic) bond motifs is 1. The Morgan fingerprint density at radius 3 is 2.40 bits per heavy atom. The minimum Gasteiger partial charge on any atom is -0.550 e. The maximum Gasteiger partial charge on any atom is 1.00 e. The number of carboxylic acid groups (broad SMARTS) is 1. The largest absolute Gasteiger partial charge is 1.00 e. The Balaban J connectivity index is 0.00000560. The van der Waals surface area contributed by atoms with E-state index in [1.165, 1.54) is 0 Å². The van der Waals surface area contributed by atoms with Gasteiger partial charge in [0.1, 0.15) is 11.6 Å². The van der Waals surface area contributed by atoms with Gasteiger partial charge in [-0.2, -0.15) is 9.97 Å². The van der Waals surface area contributed by atoms with Gasteiger partial charge in [0.05, 0.1) is 11.9 Å². The molecule has 12 nitrogen and oxygen atoms in total. The molecule has 0 radical (unpaired) electrons. The molecule has 0 aliphatic carbocycles. The number of aromatic nitrogens is 4. The SMILES string of the molecule is C#CCC(Cc1cnc2nc(N)nc(N)c2n1)c1ccc(C(=O)N[C@@H](CCC(=O)[O-])C(=O)OC(C)(C)C)cc1.[Na+]. The summed E-state index contributed by atoms with van der Waals surface area (Å²) in [5, 5.41) is 13.5. The number of nitrogens with two attached hydrogens (primary N) is 2. The predicted molar refractivity (Wildman–Crippen MR) is 142 cm³/mol. The van der Waals surface area contributed by atoms with E-state index in [-0.39, 0.29) is 64.9 Å². The Hall–Kier alpha value is -3.79. The molecule has 0 aliphatic rings. The second-order valence-electron chi connectivity index (χ2n) is 9.90. The molecule has 1 amide bonds. The van der Waals surface area contributed by atoms with E-state index in [1.54, 1.807) is 51.2 Å². The zero-order valence-corrected chi connectivity index (χ0v) is 24.9. The van der Waals surface area contributed by atoms with Gasteiger partial charge in [-0.15, -0.1) is 12.3 Å². The van der Waals surface area contributed by atoms with Gasteiger partial charge in [-0.25, -0.2) is 14.8 Å². The average Bonchev–Trinajstić information content (AvgIpc) is 2.85. The van der Waals surface area contributed by atoms with Crippen molar-refractivity contribution in [2.75, 3.05) is 11.5 Å². The van der Waals surface area contributed by atoms with E-state index in [1.807, 2.05) is 0 Å². The van der Waals surface area contributed by atoms with Crippen LogP contribution in [-0.2, 0) is 20.7 Å². The molecule has 0 aliphatic heterocycles. The summed E-state index contributed by atoms with van der Waals surface area (Å²) in [4.78, 5) is 53.1. The number of rotatable bonds is 10. The number of nitrogen functional groups attached to an aromatic ring is 2. The monoisotopic (exact) mass is 555 g/mol. The Kier molecular flexibility index (Phi) is 11.4. The molecule has 0 fully saturated rings. The number of esters is 1. The van der Waals surface area contributed by atoms with Crippen LogP contribution in [0.4, 0.5) is 11.8 Å². The average molecular weight is 556 g/mol. The molecule has 13 heteroatoms. The molecule has 0 saturated heterocycles. The Morgan fingerprint density at radius 2 is 1.80 bits per heavy atom. The van der Waals surface area contributed by atoms with Crippen molar-refractivity contribution in [2.45, 2.75) is 64.0 Å². The number of anilines is 2. The predicted octanol–water partition coefficient (Wildman–Crippen LogP) is -2.09. The topological polar surface area (TPSA) is 199 Å². The van der Waals surface area contributed by atoms with E-state index < -0.39 is 35.9 Å². The molecular weight excluding hydrogens is 525 g/mol. The summed E-state index contributed by atoms with van der Waals surface area (Å²) in [5.41, 5.74) is 13.1. The van der Waals surface area contributed by atoms with E-state index in [4.69, 9.17) is 22.6 Å². The number of amides is 1. The van der Waals surface area contributed by atoms with Crippen LogP contribution in [0.5, 0.6) is 0 Å². The fourth-order valence-electron chi connectivity index (χ4n) is 3.82. The summed E-state index contributed by atoms with van der Waals surface area (Å²) < 4.78 is 5.32. The smallest absolute Gasteiger partial charge is 0.550 e. The summed E-state index contributed by atoms with van der Waals surface area (Å²) in [7, 11) is 0. The van der Waals surface area contributed by atoms with Crippen molar-refractivity contribution in [3.05, 3.63) is 47.3 Å². The van der Waals surface area contributed by atoms with Gasteiger partial charge in [0.2, 0.25) is 5.95 Å². The number of benzene rings is 1. The number of carboxylic acids is 1. The second kappa shape index (κ2) is 14.0. The van der Waals surface area contributed by atoms with E-state index in [9.17, 15) is 19.5 Å². The van der Waals surface area contributed by atoms with Crippen LogP contribution in [0.2, 0.25) is 0 Å². The van der Waals surface area contributed by atoms with E-state index in [2.05, 4.69) is 31.2 Å². The first-order valence-electron chi connectivity index (χ1n) is 12.2. The molecule has 0 saturated carbocycles. The molecule has 2 heterocycles. The first-order chi connectivity index (χ1) is 18.4. The second-order valence-corrected chi connectivity index (χ2v) is 9.90. The van der Waals surface area contributed by atoms with Crippen LogP contribution in [0.25, 0.3) is 11.2 Å². The number of carbonyl (C=O) groups is 3. The van der Waals surface area contributed by atoms with Crippen LogP contribution in [0.1, 0.15) is 67.6 Å². The number of hydrogen-bond acceptors (Lipinski definition) is 11. The Bertz CT molecular complexity index is 1420. The number of carbonyl (C=O) groups excluding carboxylic acids is 3. The molecule has 2 aromatic heterocycles. The van der Waals surface area contributed by atoms with Crippen LogP contribution in [0.15, 0.2) is 30.5 Å². The van der Waals surface area contributed by atoms with Crippen molar-refractivity contribution in [2.24, 2.45) is 0 Å². The summed E-state index contributed by atoms with van der Waals surface area (Å²) in [6, 6.07) is 5.56. The van der Waals surface area contributed by atoms with Crippen LogP contribution in [-0.4, -0.2) is 49.4 Å². The number of hydrogen-bond donors (Lipinski definition) is 3. The third-order valence-corrected chi connectivity index (χ3v) is 5.60. The van der Waals surface area contributed by atoms with E-state index in [0.29, 0.717) is 24.1 Å². The zero-order valence-electron chi connectivity index (χ0n) is 22.9. The van der Waals surface area contributed by atoms with Crippen LogP contribution in [0.3, 0.4) is 0 Å². The molecule has 40 heavy (non-hydrogen) atoms. The Labute approximate surface area is 254 Å². The van der Waals surface area contributed by atoms with Gasteiger partial charge >= 0.3 is 35.5 Å². The normalized spacial score (nSPS) is 12.4. The number of terminal acetylenes is 1. The van der Waals surface area contributed by atoms with Crippen molar-refractivity contribution in [3.63, 3.8) is 0 Å². The standard InChI is InChI=1S/C27H31N7O5.Na/c1-5-6-17(13-18-14-30-23-21(31-18)22(28)33-26(29)34-23)15-7-9-16(10-8-15)24(37)32-19(11-12-20(35)36)25(38)39-27(2,3)4;/h1,7-10,14,17,19H,6,11-13H2,2-4H3,(H,32,37)(H,35,36)(H4,28,29,30,33,34);/q;+1/p-1/t17?,19-;/m0./s1. The van der Waals surface area contributed by atoms with Crippen molar-refractivity contribution in [1.82, 2.24) is 25.3 Å². The van der Waals surface area contributed by atoms with Crippen molar-refractivity contribution in [1.29, 1.82) is 0 Å². The van der Waals surface area contributed by atoms with Gasteiger partial charge in [0.15, 0.2) is 17.0 Å². The summed E-state index contributed by atoms with van der Waals surface area (Å²) >= 11 is 0. The quantitative estimate of drug-likeness (QED) is 0.141. The molecule has 0 spiro atoms. The Morgan fingerprint density at radius 1 is 1.12 bits per heavy atom.